The van der Waals surface area contributed by atoms with Crippen molar-refractivity contribution in [2.24, 2.45) is 5.10 Å². The lowest BCUT2D eigenvalue weighted by atomic mass is 10.0. The van der Waals surface area contributed by atoms with Gasteiger partial charge in [0.05, 0.1) is 45.7 Å². The van der Waals surface area contributed by atoms with Crippen LogP contribution in [0.3, 0.4) is 0 Å². The summed E-state index contributed by atoms with van der Waals surface area (Å²) in [6, 6.07) is 17.2. The first kappa shape index (κ1) is 26.1. The van der Waals surface area contributed by atoms with Crippen molar-refractivity contribution in [1.29, 1.82) is 0 Å². The second-order valence-corrected chi connectivity index (χ2v) is 11.1. The van der Waals surface area contributed by atoms with Crippen molar-refractivity contribution in [1.82, 2.24) is 4.72 Å². The first-order valence-corrected chi connectivity index (χ1v) is 13.7. The zero-order valence-electron chi connectivity index (χ0n) is 18.5. The molecule has 0 saturated heterocycles. The van der Waals surface area contributed by atoms with Crippen LogP contribution in [0.1, 0.15) is 24.9 Å². The number of nitrogens with one attached hydrogen (secondary N) is 1. The van der Waals surface area contributed by atoms with Gasteiger partial charge in [0.1, 0.15) is 10.6 Å². The summed E-state index contributed by atoms with van der Waals surface area (Å²) in [5.41, 5.74) is 2.24. The van der Waals surface area contributed by atoms with Gasteiger partial charge in [0.25, 0.3) is 0 Å². The molecule has 0 spiro atoms. The maximum Gasteiger partial charge on any atom is 0.243 e. The standard InChI is InChI=1S/C24H21Cl4N3O3S/c1-2-34-18-9-6-15(7-10-18)23-13-17(30-31(23)22-11-8-16(25)12-21(22)28)14-29-35(32,33)24-19(26)4-3-5-20(24)27/h3-12,23,29H,2,13-14H2,1H3. The second kappa shape index (κ2) is 10.9. The van der Waals surface area contributed by atoms with Crippen LogP contribution in [0.25, 0.3) is 0 Å². The highest BCUT2D eigenvalue weighted by Gasteiger charge is 2.31. The van der Waals surface area contributed by atoms with Crippen LogP contribution in [0.15, 0.2) is 70.7 Å². The Morgan fingerprint density at radius 2 is 1.69 bits per heavy atom. The lowest BCUT2D eigenvalue weighted by molar-refractivity contribution is 0.340. The Kier molecular flexibility index (Phi) is 8.16. The van der Waals surface area contributed by atoms with Crippen molar-refractivity contribution in [2.45, 2.75) is 24.3 Å². The number of hydrogen-bond donors (Lipinski definition) is 1. The molecule has 1 atom stereocenters. The van der Waals surface area contributed by atoms with E-state index in [1.54, 1.807) is 29.3 Å². The zero-order valence-corrected chi connectivity index (χ0v) is 22.4. The minimum absolute atomic E-state index is 0.0286. The van der Waals surface area contributed by atoms with E-state index in [0.717, 1.165) is 11.3 Å². The van der Waals surface area contributed by atoms with Gasteiger partial charge in [-0.25, -0.2) is 13.1 Å². The van der Waals surface area contributed by atoms with Gasteiger partial charge in [-0.15, -0.1) is 0 Å². The normalized spacial score (nSPS) is 15.9. The molecule has 184 valence electrons. The van der Waals surface area contributed by atoms with Gasteiger partial charge in [-0.2, -0.15) is 5.10 Å². The number of hydrogen-bond acceptors (Lipinski definition) is 5. The lowest BCUT2D eigenvalue weighted by Crippen LogP contribution is -2.29. The first-order valence-electron chi connectivity index (χ1n) is 10.7. The van der Waals surface area contributed by atoms with E-state index < -0.39 is 10.0 Å². The van der Waals surface area contributed by atoms with E-state index in [1.165, 1.54) is 12.1 Å². The van der Waals surface area contributed by atoms with Crippen LogP contribution in [0.2, 0.25) is 20.1 Å². The van der Waals surface area contributed by atoms with Crippen LogP contribution in [0.5, 0.6) is 5.75 Å². The Labute approximate surface area is 224 Å². The van der Waals surface area contributed by atoms with Crippen molar-refractivity contribution in [2.75, 3.05) is 18.2 Å². The molecule has 0 radical (unpaired) electrons. The Morgan fingerprint density at radius 1 is 1.00 bits per heavy atom. The molecular formula is C24H21Cl4N3O3S. The van der Waals surface area contributed by atoms with Gasteiger partial charge in [0, 0.05) is 11.4 Å². The van der Waals surface area contributed by atoms with Crippen molar-refractivity contribution in [3.8, 4) is 5.75 Å². The third kappa shape index (κ3) is 5.88. The number of benzene rings is 3. The number of nitrogens with zero attached hydrogens (tertiary/aromatic N) is 2. The van der Waals surface area contributed by atoms with E-state index in [-0.39, 0.29) is 27.5 Å². The highest BCUT2D eigenvalue weighted by Crippen LogP contribution is 2.40. The zero-order chi connectivity index (χ0) is 25.2. The molecule has 3 aromatic rings. The van der Waals surface area contributed by atoms with Gasteiger partial charge in [0.2, 0.25) is 10.0 Å². The smallest absolute Gasteiger partial charge is 0.243 e. The van der Waals surface area contributed by atoms with E-state index in [4.69, 9.17) is 56.2 Å². The first-order chi connectivity index (χ1) is 16.7. The van der Waals surface area contributed by atoms with E-state index in [2.05, 4.69) is 4.72 Å². The largest absolute Gasteiger partial charge is 0.494 e. The van der Waals surface area contributed by atoms with Crippen LogP contribution in [-0.4, -0.2) is 27.3 Å². The van der Waals surface area contributed by atoms with Crippen LogP contribution < -0.4 is 14.5 Å². The Morgan fingerprint density at radius 3 is 2.31 bits per heavy atom. The van der Waals surface area contributed by atoms with E-state index in [9.17, 15) is 8.42 Å². The molecule has 0 fully saturated rings. The van der Waals surface area contributed by atoms with Crippen molar-refractivity contribution >= 4 is 67.8 Å². The van der Waals surface area contributed by atoms with Gasteiger partial charge in [-0.05, 0) is 55.0 Å². The molecule has 3 aromatic carbocycles. The van der Waals surface area contributed by atoms with Crippen molar-refractivity contribution < 1.29 is 13.2 Å². The summed E-state index contributed by atoms with van der Waals surface area (Å²) in [4.78, 5) is -0.164. The lowest BCUT2D eigenvalue weighted by Gasteiger charge is -2.25. The molecule has 1 N–H and O–H groups in total. The monoisotopic (exact) mass is 571 g/mol. The average molecular weight is 573 g/mol. The summed E-state index contributed by atoms with van der Waals surface area (Å²) in [7, 11) is -3.97. The predicted molar refractivity (Wildman–Crippen MR) is 143 cm³/mol. The third-order valence-corrected chi connectivity index (χ3v) is 8.25. The number of halogens is 4. The fourth-order valence-corrected chi connectivity index (χ4v) is 6.42. The molecule has 0 aliphatic carbocycles. The molecule has 0 amide bonds. The van der Waals surface area contributed by atoms with Crippen LogP contribution in [0.4, 0.5) is 5.69 Å². The minimum atomic E-state index is -3.97. The van der Waals surface area contributed by atoms with Gasteiger partial charge >= 0.3 is 0 Å². The second-order valence-electron chi connectivity index (χ2n) is 7.70. The summed E-state index contributed by atoms with van der Waals surface area (Å²) in [5, 5.41) is 7.50. The highest BCUT2D eigenvalue weighted by molar-refractivity contribution is 7.89. The molecule has 0 aromatic heterocycles. The van der Waals surface area contributed by atoms with E-state index in [0.29, 0.717) is 34.5 Å². The summed E-state index contributed by atoms with van der Waals surface area (Å²) in [6.45, 7) is 2.46. The number of ether oxygens (including phenoxy) is 1. The SMILES string of the molecule is CCOc1ccc(C2CC(CNS(=O)(=O)c3c(Cl)cccc3Cl)=NN2c2ccc(Cl)cc2Cl)cc1. The Balaban J connectivity index is 1.62. The fourth-order valence-electron chi connectivity index (χ4n) is 3.77. The molecule has 1 unspecified atom stereocenters. The maximum absolute atomic E-state index is 12.9. The van der Waals surface area contributed by atoms with E-state index >= 15 is 0 Å². The number of rotatable bonds is 8. The van der Waals surface area contributed by atoms with Gasteiger partial charge in [-0.1, -0.05) is 64.6 Å². The number of hydrazone groups is 1. The van der Waals surface area contributed by atoms with Gasteiger partial charge in [-0.3, -0.25) is 5.01 Å². The topological polar surface area (TPSA) is 71.0 Å². The molecule has 1 aliphatic rings. The quantitative estimate of drug-likeness (QED) is 0.316. The Bertz CT molecular complexity index is 1340. The van der Waals surface area contributed by atoms with Crippen LogP contribution in [-0.2, 0) is 10.0 Å². The molecule has 35 heavy (non-hydrogen) atoms. The predicted octanol–water partition coefficient (Wildman–Crippen LogP) is 6.98. The molecule has 0 bridgehead atoms. The maximum atomic E-state index is 12.9. The minimum Gasteiger partial charge on any atom is -0.494 e. The Hall–Kier alpha value is -2.00. The summed E-state index contributed by atoms with van der Waals surface area (Å²) in [5.74, 6) is 0.760. The molecular weight excluding hydrogens is 552 g/mol. The number of sulfonamides is 1. The summed E-state index contributed by atoms with van der Waals surface area (Å²) < 4.78 is 34.0. The average Bonchev–Trinajstić information content (AvgIpc) is 3.22. The summed E-state index contributed by atoms with van der Waals surface area (Å²) >= 11 is 24.8. The van der Waals surface area contributed by atoms with Crippen LogP contribution >= 0.6 is 46.4 Å². The number of anilines is 1. The fraction of sp³-hybridized carbons (Fsp3) is 0.208. The van der Waals surface area contributed by atoms with Gasteiger partial charge in [0.15, 0.2) is 0 Å². The molecule has 1 heterocycles. The molecule has 11 heteroatoms. The van der Waals surface area contributed by atoms with E-state index in [1.807, 2.05) is 31.2 Å². The van der Waals surface area contributed by atoms with Crippen molar-refractivity contribution in [3.05, 3.63) is 86.3 Å². The van der Waals surface area contributed by atoms with Crippen molar-refractivity contribution in [3.63, 3.8) is 0 Å². The summed E-state index contributed by atoms with van der Waals surface area (Å²) in [6.07, 6.45) is 0.464. The molecule has 6 nitrogen and oxygen atoms in total. The van der Waals surface area contributed by atoms with Crippen LogP contribution in [0, 0.1) is 0 Å². The third-order valence-electron chi connectivity index (χ3n) is 5.36. The molecule has 4 rings (SSSR count). The highest BCUT2D eigenvalue weighted by atomic mass is 35.5. The molecule has 1 aliphatic heterocycles. The van der Waals surface area contributed by atoms with Gasteiger partial charge < -0.3 is 4.74 Å². The molecule has 0 saturated carbocycles.